The number of hydrogen-bond acceptors (Lipinski definition) is 2. The second kappa shape index (κ2) is 9.06. The van der Waals surface area contributed by atoms with E-state index in [0.29, 0.717) is 11.8 Å². The van der Waals surface area contributed by atoms with Crippen LogP contribution in [0.4, 0.5) is 0 Å². The summed E-state index contributed by atoms with van der Waals surface area (Å²) in [6, 6.07) is 0.719. The van der Waals surface area contributed by atoms with E-state index in [-0.39, 0.29) is 5.50 Å². The molecule has 2 saturated heterocycles. The Labute approximate surface area is 184 Å². The molecule has 4 heteroatoms. The zero-order valence-electron chi connectivity index (χ0n) is 16.5. The van der Waals surface area contributed by atoms with Crippen LogP contribution < -0.4 is 10.6 Å². The Morgan fingerprint density at radius 1 is 1.00 bits per heavy atom. The molecule has 2 heterocycles. The van der Waals surface area contributed by atoms with E-state index in [9.17, 15) is 0 Å². The summed E-state index contributed by atoms with van der Waals surface area (Å²) in [4.78, 5) is 0. The number of nitrogens with one attached hydrogen (secondary N) is 2. The highest BCUT2D eigenvalue weighted by Crippen LogP contribution is 2.48. The van der Waals surface area contributed by atoms with Gasteiger partial charge in [0.15, 0.2) is 0 Å². The van der Waals surface area contributed by atoms with Gasteiger partial charge in [0.25, 0.3) is 0 Å². The molecule has 4 aliphatic rings. The van der Waals surface area contributed by atoms with Gasteiger partial charge >= 0.3 is 0 Å². The van der Waals surface area contributed by atoms with Crippen LogP contribution in [0.15, 0.2) is 24.8 Å². The molecule has 0 radical (unpaired) electrons. The van der Waals surface area contributed by atoms with Gasteiger partial charge in [0, 0.05) is 16.5 Å². The van der Waals surface area contributed by atoms with E-state index < -0.39 is 0 Å². The van der Waals surface area contributed by atoms with Gasteiger partial charge in [-0.2, -0.15) is 0 Å². The number of alkyl halides is 2. The van der Waals surface area contributed by atoms with Crippen molar-refractivity contribution in [2.75, 3.05) is 13.1 Å². The average molecular weight is 503 g/mol. The monoisotopic (exact) mass is 502 g/mol. The fourth-order valence-electron chi connectivity index (χ4n) is 6.71. The van der Waals surface area contributed by atoms with Gasteiger partial charge in [0.1, 0.15) is 0 Å². The third-order valence-corrected chi connectivity index (χ3v) is 10.1. The van der Waals surface area contributed by atoms with Gasteiger partial charge in [0.05, 0.1) is 5.50 Å². The van der Waals surface area contributed by atoms with Crippen molar-refractivity contribution in [3.63, 3.8) is 0 Å². The molecule has 2 saturated carbocycles. The predicted octanol–water partition coefficient (Wildman–Crippen LogP) is 5.52. The van der Waals surface area contributed by atoms with Gasteiger partial charge in [-0.15, -0.1) is 18.2 Å². The van der Waals surface area contributed by atoms with Gasteiger partial charge in [-0.1, -0.05) is 40.8 Å². The quantitative estimate of drug-likeness (QED) is 0.230. The fraction of sp³-hybridized carbons (Fsp3) is 0.826. The first-order valence-corrected chi connectivity index (χ1v) is 12.8. The standard InChI is InChI=1S/C23H36ClIN2/c1-3-15-6-7-17(12-21(15)25)22-19(5-4-10-26-22)16-8-9-18-14(2)13-27-23(24)20(18)11-16/h3,15-23,26-27H,1-2,4-13H2. The first-order valence-electron chi connectivity index (χ1n) is 11.1. The Balaban J connectivity index is 1.45. The van der Waals surface area contributed by atoms with Gasteiger partial charge in [-0.3, -0.25) is 5.32 Å². The van der Waals surface area contributed by atoms with Crippen LogP contribution in [0.2, 0.25) is 0 Å². The maximum absolute atomic E-state index is 6.72. The second-order valence-corrected chi connectivity index (χ2v) is 11.6. The molecule has 0 amide bonds. The number of hydrogen-bond donors (Lipinski definition) is 2. The van der Waals surface area contributed by atoms with Crippen molar-refractivity contribution in [3.05, 3.63) is 24.8 Å². The average Bonchev–Trinajstić information content (AvgIpc) is 2.70. The molecule has 9 atom stereocenters. The molecule has 9 unspecified atom stereocenters. The van der Waals surface area contributed by atoms with Crippen LogP contribution in [0.1, 0.15) is 51.4 Å². The van der Waals surface area contributed by atoms with Crippen molar-refractivity contribution in [1.82, 2.24) is 10.6 Å². The van der Waals surface area contributed by atoms with Gasteiger partial charge < -0.3 is 5.32 Å². The summed E-state index contributed by atoms with van der Waals surface area (Å²) < 4.78 is 0.761. The Kier molecular flexibility index (Phi) is 6.94. The summed E-state index contributed by atoms with van der Waals surface area (Å²) in [5.74, 6) is 4.48. The number of allylic oxidation sites excluding steroid dienone is 1. The van der Waals surface area contributed by atoms with E-state index in [1.807, 2.05) is 0 Å². The first kappa shape index (κ1) is 20.7. The molecule has 0 spiro atoms. The number of piperidine rings is 2. The summed E-state index contributed by atoms with van der Waals surface area (Å²) in [6.07, 6.45) is 13.0. The minimum Gasteiger partial charge on any atom is -0.313 e. The largest absolute Gasteiger partial charge is 0.313 e. The predicted molar refractivity (Wildman–Crippen MR) is 124 cm³/mol. The van der Waals surface area contributed by atoms with E-state index in [4.69, 9.17) is 11.6 Å². The Morgan fingerprint density at radius 2 is 1.81 bits per heavy atom. The molecule has 2 aliphatic carbocycles. The summed E-state index contributed by atoms with van der Waals surface area (Å²) in [5, 5.41) is 7.47. The zero-order chi connectivity index (χ0) is 19.0. The molecule has 4 fully saturated rings. The Hall–Kier alpha value is 0.420. The zero-order valence-corrected chi connectivity index (χ0v) is 19.4. The van der Waals surface area contributed by atoms with Crippen molar-refractivity contribution in [2.24, 2.45) is 35.5 Å². The smallest absolute Gasteiger partial charge is 0.0862 e. The molecule has 0 bridgehead atoms. The molecule has 0 aromatic carbocycles. The summed E-state index contributed by atoms with van der Waals surface area (Å²) in [5.41, 5.74) is 1.53. The minimum absolute atomic E-state index is 0.139. The molecular weight excluding hydrogens is 467 g/mol. The van der Waals surface area contributed by atoms with Crippen LogP contribution in [-0.4, -0.2) is 28.6 Å². The van der Waals surface area contributed by atoms with Crippen LogP contribution in [0, 0.1) is 35.5 Å². The fourth-order valence-corrected chi connectivity index (χ4v) is 8.38. The van der Waals surface area contributed by atoms with Crippen molar-refractivity contribution in [1.29, 1.82) is 0 Å². The third-order valence-electron chi connectivity index (χ3n) is 8.20. The van der Waals surface area contributed by atoms with E-state index in [2.05, 4.69) is 52.5 Å². The number of rotatable bonds is 3. The van der Waals surface area contributed by atoms with Crippen molar-refractivity contribution in [2.45, 2.75) is 66.8 Å². The lowest BCUT2D eigenvalue weighted by molar-refractivity contribution is 0.0647. The lowest BCUT2D eigenvalue weighted by atomic mass is 9.62. The molecule has 0 aromatic heterocycles. The number of halogens is 2. The molecule has 2 aliphatic heterocycles. The molecule has 0 aromatic rings. The maximum Gasteiger partial charge on any atom is 0.0862 e. The Morgan fingerprint density at radius 3 is 2.59 bits per heavy atom. The molecule has 2 nitrogen and oxygen atoms in total. The second-order valence-electron chi connectivity index (χ2n) is 9.56. The third kappa shape index (κ3) is 4.32. The van der Waals surface area contributed by atoms with E-state index in [1.54, 1.807) is 0 Å². The van der Waals surface area contributed by atoms with Crippen molar-refractivity contribution < 1.29 is 0 Å². The molecule has 4 rings (SSSR count). The molecule has 152 valence electrons. The topological polar surface area (TPSA) is 24.1 Å². The van der Waals surface area contributed by atoms with Crippen LogP contribution in [-0.2, 0) is 0 Å². The molecule has 27 heavy (non-hydrogen) atoms. The van der Waals surface area contributed by atoms with Crippen LogP contribution in [0.5, 0.6) is 0 Å². The highest BCUT2D eigenvalue weighted by molar-refractivity contribution is 14.1. The molecule has 2 N–H and O–H groups in total. The number of fused-ring (bicyclic) bond motifs is 1. The molecular formula is C23H36ClIN2. The lowest BCUT2D eigenvalue weighted by Crippen LogP contribution is -2.53. The van der Waals surface area contributed by atoms with E-state index >= 15 is 0 Å². The maximum atomic E-state index is 6.72. The van der Waals surface area contributed by atoms with Crippen LogP contribution >= 0.6 is 34.2 Å². The summed E-state index contributed by atoms with van der Waals surface area (Å²) in [7, 11) is 0. The summed E-state index contributed by atoms with van der Waals surface area (Å²) >= 11 is 9.40. The Bertz CT molecular complexity index is 552. The van der Waals surface area contributed by atoms with Crippen molar-refractivity contribution in [3.8, 4) is 0 Å². The van der Waals surface area contributed by atoms with Gasteiger partial charge in [-0.25, -0.2) is 0 Å². The van der Waals surface area contributed by atoms with Crippen LogP contribution in [0.25, 0.3) is 0 Å². The highest BCUT2D eigenvalue weighted by atomic mass is 127. The van der Waals surface area contributed by atoms with Crippen LogP contribution in [0.3, 0.4) is 0 Å². The lowest BCUT2D eigenvalue weighted by Gasteiger charge is -2.50. The normalized spacial score (nSPS) is 48.7. The van der Waals surface area contributed by atoms with Gasteiger partial charge in [-0.05, 0) is 93.4 Å². The first-order chi connectivity index (χ1) is 13.1. The van der Waals surface area contributed by atoms with Crippen molar-refractivity contribution >= 4 is 34.2 Å². The summed E-state index contributed by atoms with van der Waals surface area (Å²) in [6.45, 7) is 10.5. The minimum atomic E-state index is 0.139. The van der Waals surface area contributed by atoms with Gasteiger partial charge in [0.2, 0.25) is 0 Å². The highest BCUT2D eigenvalue weighted by Gasteiger charge is 2.45. The van der Waals surface area contributed by atoms with E-state index in [0.717, 1.165) is 40.2 Å². The SMILES string of the molecule is C=CC1CCC(C2NCCCC2C2CCC3C(=C)CNC(Cl)C3C2)CC1I. The van der Waals surface area contributed by atoms with E-state index in [1.165, 1.54) is 63.5 Å².